The number of amides is 1. The molecule has 0 unspecified atom stereocenters. The van der Waals surface area contributed by atoms with E-state index in [1.54, 1.807) is 37.4 Å². The number of aromatic amines is 1. The number of benzene rings is 1. The monoisotopic (exact) mass is 335 g/mol. The van der Waals surface area contributed by atoms with E-state index in [4.69, 9.17) is 4.42 Å². The van der Waals surface area contributed by atoms with Gasteiger partial charge in [0.05, 0.1) is 11.0 Å². The number of fused-ring (bicyclic) bond motifs is 1. The van der Waals surface area contributed by atoms with Crippen LogP contribution in [0.5, 0.6) is 0 Å². The van der Waals surface area contributed by atoms with E-state index in [1.165, 1.54) is 4.57 Å². The fourth-order valence-electron chi connectivity index (χ4n) is 1.94. The lowest BCUT2D eigenvalue weighted by atomic mass is 10.2. The lowest BCUT2D eigenvalue weighted by Gasteiger charge is -2.03. The van der Waals surface area contributed by atoms with Crippen LogP contribution >= 0.6 is 15.9 Å². The smallest absolute Gasteiger partial charge is 0.326 e. The van der Waals surface area contributed by atoms with Gasteiger partial charge in [0.15, 0.2) is 10.4 Å². The van der Waals surface area contributed by atoms with Gasteiger partial charge in [0.2, 0.25) is 0 Å². The van der Waals surface area contributed by atoms with Crippen LogP contribution in [-0.2, 0) is 7.05 Å². The number of nitrogens with zero attached hydrogens (tertiary/aromatic N) is 1. The molecule has 0 aliphatic rings. The number of carbonyl (C=O) groups is 1. The van der Waals surface area contributed by atoms with Gasteiger partial charge in [-0.3, -0.25) is 9.36 Å². The highest BCUT2D eigenvalue weighted by molar-refractivity contribution is 9.10. The van der Waals surface area contributed by atoms with Crippen LogP contribution in [0, 0.1) is 0 Å². The first-order chi connectivity index (χ1) is 9.54. The van der Waals surface area contributed by atoms with Crippen LogP contribution in [0.3, 0.4) is 0 Å². The summed E-state index contributed by atoms with van der Waals surface area (Å²) < 4.78 is 7.17. The van der Waals surface area contributed by atoms with Crippen molar-refractivity contribution >= 4 is 38.6 Å². The summed E-state index contributed by atoms with van der Waals surface area (Å²) in [4.78, 5) is 26.1. The van der Waals surface area contributed by atoms with Crippen molar-refractivity contribution in [3.05, 3.63) is 51.2 Å². The molecule has 0 spiro atoms. The average Bonchev–Trinajstić information content (AvgIpc) is 2.95. The van der Waals surface area contributed by atoms with Gasteiger partial charge in [-0.05, 0) is 46.3 Å². The van der Waals surface area contributed by atoms with Gasteiger partial charge in [-0.2, -0.15) is 0 Å². The summed E-state index contributed by atoms with van der Waals surface area (Å²) in [6.07, 6.45) is 0. The number of furan rings is 1. The number of anilines is 1. The Bertz CT molecular complexity index is 859. The van der Waals surface area contributed by atoms with Crippen molar-refractivity contribution in [3.8, 4) is 0 Å². The van der Waals surface area contributed by atoms with Crippen molar-refractivity contribution in [1.82, 2.24) is 9.55 Å². The number of aromatic nitrogens is 2. The second-order valence-electron chi connectivity index (χ2n) is 4.28. The van der Waals surface area contributed by atoms with Crippen LogP contribution in [-0.4, -0.2) is 15.5 Å². The molecule has 20 heavy (non-hydrogen) atoms. The van der Waals surface area contributed by atoms with E-state index in [-0.39, 0.29) is 17.4 Å². The quantitative estimate of drug-likeness (QED) is 0.754. The Balaban J connectivity index is 1.91. The predicted octanol–water partition coefficient (Wildman–Crippen LogP) is 2.47. The molecule has 1 aromatic carbocycles. The highest BCUT2D eigenvalue weighted by atomic mass is 79.9. The number of hydrogen-bond donors (Lipinski definition) is 2. The molecule has 6 nitrogen and oxygen atoms in total. The second-order valence-corrected chi connectivity index (χ2v) is 5.06. The Kier molecular flexibility index (Phi) is 2.98. The van der Waals surface area contributed by atoms with Crippen molar-refractivity contribution in [2.24, 2.45) is 7.05 Å². The fourth-order valence-corrected chi connectivity index (χ4v) is 2.25. The summed E-state index contributed by atoms with van der Waals surface area (Å²) in [5, 5.41) is 2.71. The molecule has 7 heteroatoms. The van der Waals surface area contributed by atoms with Crippen LogP contribution in [0.25, 0.3) is 11.0 Å². The maximum absolute atomic E-state index is 11.9. The van der Waals surface area contributed by atoms with Crippen LogP contribution in [0.1, 0.15) is 10.6 Å². The minimum atomic E-state index is -0.353. The summed E-state index contributed by atoms with van der Waals surface area (Å²) in [6.45, 7) is 0. The number of nitrogens with one attached hydrogen (secondary N) is 2. The highest BCUT2D eigenvalue weighted by Gasteiger charge is 2.11. The third-order valence-electron chi connectivity index (χ3n) is 2.96. The molecule has 2 aromatic heterocycles. The number of hydrogen-bond acceptors (Lipinski definition) is 3. The lowest BCUT2D eigenvalue weighted by molar-refractivity contribution is 0.0995. The van der Waals surface area contributed by atoms with Crippen molar-refractivity contribution in [2.45, 2.75) is 0 Å². The summed E-state index contributed by atoms with van der Waals surface area (Å²) in [5.74, 6) is -0.146. The molecule has 0 aliphatic carbocycles. The van der Waals surface area contributed by atoms with Crippen molar-refractivity contribution < 1.29 is 9.21 Å². The predicted molar refractivity (Wildman–Crippen MR) is 77.9 cm³/mol. The Hall–Kier alpha value is -2.28. The normalized spacial score (nSPS) is 10.9. The summed E-state index contributed by atoms with van der Waals surface area (Å²) in [7, 11) is 1.68. The standard InChI is InChI=1S/C13H10BrN3O3/c1-17-9-3-2-7(6-8(9)16-13(17)19)15-12(18)10-4-5-11(14)20-10/h2-6H,1H3,(H,15,18)(H,16,19). The van der Waals surface area contributed by atoms with Gasteiger partial charge in [-0.15, -0.1) is 0 Å². The highest BCUT2D eigenvalue weighted by Crippen LogP contribution is 2.18. The molecule has 0 atom stereocenters. The van der Waals surface area contributed by atoms with E-state index in [0.717, 1.165) is 5.52 Å². The fraction of sp³-hybridized carbons (Fsp3) is 0.0769. The molecule has 3 rings (SSSR count). The summed E-state index contributed by atoms with van der Waals surface area (Å²) >= 11 is 3.14. The molecule has 2 N–H and O–H groups in total. The van der Waals surface area contributed by atoms with Crippen LogP contribution in [0.15, 0.2) is 44.2 Å². The largest absolute Gasteiger partial charge is 0.444 e. The number of H-pyrrole nitrogens is 1. The minimum absolute atomic E-state index is 0.196. The van der Waals surface area contributed by atoms with E-state index in [0.29, 0.717) is 15.9 Å². The molecule has 2 heterocycles. The Morgan fingerprint density at radius 1 is 1.35 bits per heavy atom. The topological polar surface area (TPSA) is 80.0 Å². The Labute approximate surface area is 121 Å². The first kappa shape index (κ1) is 12.7. The Morgan fingerprint density at radius 3 is 2.85 bits per heavy atom. The molecule has 0 saturated carbocycles. The van der Waals surface area contributed by atoms with Gasteiger partial charge < -0.3 is 14.7 Å². The third kappa shape index (κ3) is 2.16. The number of carbonyl (C=O) groups excluding carboxylic acids is 1. The van der Waals surface area contributed by atoms with Crippen molar-refractivity contribution in [1.29, 1.82) is 0 Å². The van der Waals surface area contributed by atoms with Crippen LogP contribution in [0.4, 0.5) is 5.69 Å². The molecule has 0 aliphatic heterocycles. The minimum Gasteiger partial charge on any atom is -0.444 e. The van der Waals surface area contributed by atoms with Gasteiger partial charge in [0, 0.05) is 12.7 Å². The molecular weight excluding hydrogens is 326 g/mol. The third-order valence-corrected chi connectivity index (χ3v) is 3.39. The van der Waals surface area contributed by atoms with E-state index in [2.05, 4.69) is 26.2 Å². The molecule has 3 aromatic rings. The van der Waals surface area contributed by atoms with Gasteiger partial charge in [-0.25, -0.2) is 4.79 Å². The van der Waals surface area contributed by atoms with Gasteiger partial charge in [-0.1, -0.05) is 0 Å². The lowest BCUT2D eigenvalue weighted by Crippen LogP contribution is -2.11. The van der Waals surface area contributed by atoms with E-state index in [9.17, 15) is 9.59 Å². The molecule has 0 saturated heterocycles. The maximum atomic E-state index is 11.9. The number of aryl methyl sites for hydroxylation is 1. The molecule has 1 amide bonds. The van der Waals surface area contributed by atoms with E-state index < -0.39 is 0 Å². The Morgan fingerprint density at radius 2 is 2.15 bits per heavy atom. The molecule has 102 valence electrons. The van der Waals surface area contributed by atoms with Crippen molar-refractivity contribution in [3.63, 3.8) is 0 Å². The first-order valence-electron chi connectivity index (χ1n) is 5.80. The average molecular weight is 336 g/mol. The first-order valence-corrected chi connectivity index (χ1v) is 6.59. The zero-order valence-electron chi connectivity index (χ0n) is 10.4. The van der Waals surface area contributed by atoms with Crippen LogP contribution in [0.2, 0.25) is 0 Å². The zero-order valence-corrected chi connectivity index (χ0v) is 12.0. The van der Waals surface area contributed by atoms with Gasteiger partial charge in [0.1, 0.15) is 0 Å². The summed E-state index contributed by atoms with van der Waals surface area (Å²) in [5.41, 5.74) is 1.82. The van der Waals surface area contributed by atoms with Gasteiger partial charge >= 0.3 is 5.69 Å². The summed E-state index contributed by atoms with van der Waals surface area (Å²) in [6, 6.07) is 8.41. The zero-order chi connectivity index (χ0) is 14.3. The molecular formula is C13H10BrN3O3. The van der Waals surface area contributed by atoms with E-state index >= 15 is 0 Å². The van der Waals surface area contributed by atoms with Gasteiger partial charge in [0.25, 0.3) is 5.91 Å². The number of halogens is 1. The number of imidazole rings is 1. The molecule has 0 radical (unpaired) electrons. The maximum Gasteiger partial charge on any atom is 0.326 e. The van der Waals surface area contributed by atoms with E-state index in [1.807, 2.05) is 0 Å². The number of rotatable bonds is 2. The second kappa shape index (κ2) is 4.68. The molecule has 0 bridgehead atoms. The van der Waals surface area contributed by atoms with Crippen LogP contribution < -0.4 is 11.0 Å². The van der Waals surface area contributed by atoms with Crippen molar-refractivity contribution in [2.75, 3.05) is 5.32 Å². The SMILES string of the molecule is Cn1c(=O)[nH]c2cc(NC(=O)c3ccc(Br)o3)ccc21. The molecule has 0 fully saturated rings.